The lowest BCUT2D eigenvalue weighted by Gasteiger charge is -2.31. The minimum Gasteiger partial charge on any atom is -0.326 e. The zero-order valence-electron chi connectivity index (χ0n) is 18.2. The van der Waals surface area contributed by atoms with E-state index in [0.717, 1.165) is 60.4 Å². The summed E-state index contributed by atoms with van der Waals surface area (Å²) in [6, 6.07) is 21.7. The average Bonchev–Trinajstić information content (AvgIpc) is 2.80. The summed E-state index contributed by atoms with van der Waals surface area (Å²) < 4.78 is 13.5. The zero-order chi connectivity index (χ0) is 22.5. The average molecular weight is 431 g/mol. The van der Waals surface area contributed by atoms with Crippen molar-refractivity contribution in [1.29, 1.82) is 0 Å². The van der Waals surface area contributed by atoms with Crippen molar-refractivity contribution in [2.75, 3.05) is 18.4 Å². The van der Waals surface area contributed by atoms with Gasteiger partial charge in [0.1, 0.15) is 5.82 Å². The molecular weight excluding hydrogens is 403 g/mol. The van der Waals surface area contributed by atoms with Crippen LogP contribution in [0.25, 0.3) is 11.1 Å². The van der Waals surface area contributed by atoms with Crippen LogP contribution in [0.3, 0.4) is 0 Å². The van der Waals surface area contributed by atoms with Crippen molar-refractivity contribution >= 4 is 17.4 Å². The Kier molecular flexibility index (Phi) is 6.76. The Morgan fingerprint density at radius 3 is 2.34 bits per heavy atom. The number of rotatable bonds is 6. The van der Waals surface area contributed by atoms with Crippen molar-refractivity contribution in [2.24, 2.45) is 5.92 Å². The number of likely N-dealkylation sites (tertiary alicyclic amines) is 1. The number of benzene rings is 3. The van der Waals surface area contributed by atoms with Gasteiger partial charge in [-0.25, -0.2) is 4.39 Å². The molecule has 1 aliphatic heterocycles. The summed E-state index contributed by atoms with van der Waals surface area (Å²) in [4.78, 5) is 26.8. The van der Waals surface area contributed by atoms with Gasteiger partial charge in [0.2, 0.25) is 5.91 Å². The zero-order valence-corrected chi connectivity index (χ0v) is 18.2. The van der Waals surface area contributed by atoms with Crippen LogP contribution in [0.2, 0.25) is 0 Å². The number of nitrogens with one attached hydrogen (secondary N) is 1. The molecular formula is C27H27FN2O2. The Labute approximate surface area is 188 Å². The third-order valence-electron chi connectivity index (χ3n) is 5.99. The first kappa shape index (κ1) is 21.9. The summed E-state index contributed by atoms with van der Waals surface area (Å²) in [6.45, 7) is 4.04. The molecule has 0 aromatic heterocycles. The topological polar surface area (TPSA) is 49.4 Å². The third-order valence-corrected chi connectivity index (χ3v) is 5.99. The van der Waals surface area contributed by atoms with Gasteiger partial charge in [-0.05, 0) is 79.9 Å². The highest BCUT2D eigenvalue weighted by molar-refractivity contribution is 5.94. The van der Waals surface area contributed by atoms with Crippen LogP contribution < -0.4 is 5.32 Å². The fourth-order valence-corrected chi connectivity index (χ4v) is 4.19. The second-order valence-corrected chi connectivity index (χ2v) is 8.39. The number of carbonyl (C=O) groups excluding carboxylic acids is 2. The number of anilines is 1. The number of halogens is 1. The highest BCUT2D eigenvalue weighted by atomic mass is 19.1. The molecule has 4 rings (SSSR count). The van der Waals surface area contributed by atoms with Crippen molar-refractivity contribution in [2.45, 2.75) is 26.3 Å². The number of Topliss-reactive ketones (excluding diaryl/α,β-unsaturated/α-hetero) is 1. The van der Waals surface area contributed by atoms with Gasteiger partial charge >= 0.3 is 0 Å². The molecule has 0 bridgehead atoms. The van der Waals surface area contributed by atoms with E-state index in [1.54, 1.807) is 13.0 Å². The summed E-state index contributed by atoms with van der Waals surface area (Å²) in [5, 5.41) is 3.03. The Balaban J connectivity index is 1.33. The minimum atomic E-state index is -0.281. The monoisotopic (exact) mass is 430 g/mol. The Hall–Kier alpha value is -3.31. The van der Waals surface area contributed by atoms with E-state index in [1.807, 2.05) is 54.6 Å². The van der Waals surface area contributed by atoms with E-state index < -0.39 is 0 Å². The summed E-state index contributed by atoms with van der Waals surface area (Å²) in [5.74, 6) is -0.215. The van der Waals surface area contributed by atoms with Crippen molar-refractivity contribution < 1.29 is 14.0 Å². The van der Waals surface area contributed by atoms with Crippen molar-refractivity contribution in [1.82, 2.24) is 4.90 Å². The van der Waals surface area contributed by atoms with Gasteiger partial charge in [0.15, 0.2) is 5.78 Å². The van der Waals surface area contributed by atoms with Crippen LogP contribution in [0.4, 0.5) is 10.1 Å². The summed E-state index contributed by atoms with van der Waals surface area (Å²) in [5.41, 5.74) is 4.22. The molecule has 0 aliphatic carbocycles. The quantitative estimate of drug-likeness (QED) is 0.522. The number of piperidine rings is 1. The van der Waals surface area contributed by atoms with Crippen LogP contribution in [-0.4, -0.2) is 29.7 Å². The minimum absolute atomic E-state index is 0.0274. The Morgan fingerprint density at radius 2 is 1.62 bits per heavy atom. The summed E-state index contributed by atoms with van der Waals surface area (Å²) in [6.07, 6.45) is 1.59. The maximum absolute atomic E-state index is 13.5. The predicted octanol–water partition coefficient (Wildman–Crippen LogP) is 5.55. The molecule has 1 saturated heterocycles. The lowest BCUT2D eigenvalue weighted by atomic mass is 9.95. The number of nitrogens with zero attached hydrogens (tertiary/aromatic N) is 1. The molecule has 1 amide bonds. The first-order chi connectivity index (χ1) is 15.5. The van der Waals surface area contributed by atoms with Gasteiger partial charge in [-0.1, -0.05) is 42.5 Å². The smallest absolute Gasteiger partial charge is 0.227 e. The maximum Gasteiger partial charge on any atom is 0.227 e. The van der Waals surface area contributed by atoms with E-state index in [0.29, 0.717) is 0 Å². The third kappa shape index (κ3) is 5.48. The first-order valence-electron chi connectivity index (χ1n) is 11.0. The van der Waals surface area contributed by atoms with Crippen LogP contribution in [0.1, 0.15) is 35.7 Å². The molecule has 1 N–H and O–H groups in total. The highest BCUT2D eigenvalue weighted by Gasteiger charge is 2.25. The molecule has 3 aromatic rings. The molecule has 0 unspecified atom stereocenters. The number of ketones is 1. The molecule has 4 nitrogen and oxygen atoms in total. The molecule has 1 fully saturated rings. The van der Waals surface area contributed by atoms with E-state index in [1.165, 1.54) is 12.1 Å². The number of amides is 1. The van der Waals surface area contributed by atoms with E-state index >= 15 is 0 Å². The molecule has 1 heterocycles. The largest absolute Gasteiger partial charge is 0.326 e. The molecule has 1 aliphatic rings. The Bertz CT molecular complexity index is 1120. The SMILES string of the molecule is CC(=O)c1cccc(CN2CCC(C(=O)Nc3cccc(-c4cccc(F)c4)c3)CC2)c1. The van der Waals surface area contributed by atoms with Gasteiger partial charge in [-0.15, -0.1) is 0 Å². The summed E-state index contributed by atoms with van der Waals surface area (Å²) >= 11 is 0. The second-order valence-electron chi connectivity index (χ2n) is 8.39. The molecule has 164 valence electrons. The van der Waals surface area contributed by atoms with Gasteiger partial charge in [0.25, 0.3) is 0 Å². The van der Waals surface area contributed by atoms with Crippen LogP contribution >= 0.6 is 0 Å². The Morgan fingerprint density at radius 1 is 0.938 bits per heavy atom. The van der Waals surface area contributed by atoms with Gasteiger partial charge in [-0.2, -0.15) is 0 Å². The van der Waals surface area contributed by atoms with Gasteiger partial charge in [0.05, 0.1) is 0 Å². The van der Waals surface area contributed by atoms with Crippen LogP contribution in [0.5, 0.6) is 0 Å². The van der Waals surface area contributed by atoms with E-state index in [9.17, 15) is 14.0 Å². The molecule has 0 spiro atoms. The molecule has 5 heteroatoms. The van der Waals surface area contributed by atoms with Crippen molar-refractivity contribution in [3.63, 3.8) is 0 Å². The molecule has 0 radical (unpaired) electrons. The van der Waals surface area contributed by atoms with Crippen LogP contribution in [-0.2, 0) is 11.3 Å². The second kappa shape index (κ2) is 9.88. The molecule has 0 atom stereocenters. The number of hydrogen-bond acceptors (Lipinski definition) is 3. The molecule has 3 aromatic carbocycles. The highest BCUT2D eigenvalue weighted by Crippen LogP contribution is 2.25. The molecule has 32 heavy (non-hydrogen) atoms. The van der Waals surface area contributed by atoms with Crippen molar-refractivity contribution in [3.8, 4) is 11.1 Å². The van der Waals surface area contributed by atoms with Gasteiger partial charge in [0, 0.05) is 23.7 Å². The predicted molar refractivity (Wildman–Crippen MR) is 125 cm³/mol. The van der Waals surface area contributed by atoms with Crippen LogP contribution in [0, 0.1) is 11.7 Å². The van der Waals surface area contributed by atoms with Crippen LogP contribution in [0.15, 0.2) is 72.8 Å². The normalized spacial score (nSPS) is 14.8. The van der Waals surface area contributed by atoms with Gasteiger partial charge in [-0.3, -0.25) is 14.5 Å². The van der Waals surface area contributed by atoms with E-state index in [4.69, 9.17) is 0 Å². The van der Waals surface area contributed by atoms with Crippen molar-refractivity contribution in [3.05, 3.63) is 89.7 Å². The van der Waals surface area contributed by atoms with E-state index in [-0.39, 0.29) is 23.4 Å². The first-order valence-corrected chi connectivity index (χ1v) is 11.0. The van der Waals surface area contributed by atoms with E-state index in [2.05, 4.69) is 10.2 Å². The fraction of sp³-hybridized carbons (Fsp3) is 0.259. The molecule has 0 saturated carbocycles. The van der Waals surface area contributed by atoms with Gasteiger partial charge < -0.3 is 5.32 Å². The number of carbonyl (C=O) groups is 2. The lowest BCUT2D eigenvalue weighted by molar-refractivity contribution is -0.121. The fourth-order valence-electron chi connectivity index (χ4n) is 4.19. The maximum atomic E-state index is 13.5. The standard InChI is InChI=1S/C27H27FN2O2/c1-19(31)22-6-2-5-20(15-22)18-30-13-11-21(12-14-30)27(32)29-26-10-4-8-24(17-26)23-7-3-9-25(28)16-23/h2-10,15-17,21H,11-14,18H2,1H3,(H,29,32). The number of hydrogen-bond donors (Lipinski definition) is 1. The lowest BCUT2D eigenvalue weighted by Crippen LogP contribution is -2.37. The summed E-state index contributed by atoms with van der Waals surface area (Å²) in [7, 11) is 0.